The van der Waals surface area contributed by atoms with Crippen LogP contribution in [0.3, 0.4) is 0 Å². The van der Waals surface area contributed by atoms with Crippen molar-refractivity contribution in [1.82, 2.24) is 0 Å². The van der Waals surface area contributed by atoms with Crippen molar-refractivity contribution in [1.29, 1.82) is 0 Å². The van der Waals surface area contributed by atoms with Crippen molar-refractivity contribution in [3.8, 4) is 5.75 Å². The molecule has 0 fully saturated rings. The summed E-state index contributed by atoms with van der Waals surface area (Å²) in [5, 5.41) is 2.63. The number of ketones is 1. The molecular weight excluding hydrogens is 362 g/mol. The Balaban J connectivity index is 2.04. The lowest BCUT2D eigenvalue weighted by Gasteiger charge is -2.11. The number of para-hydroxylation sites is 1. The minimum atomic E-state index is -0.418. The number of hydrogen-bond acceptors (Lipinski definition) is 4. The summed E-state index contributed by atoms with van der Waals surface area (Å²) in [6.45, 7) is 1.16. The van der Waals surface area contributed by atoms with E-state index < -0.39 is 5.91 Å². The van der Waals surface area contributed by atoms with Crippen LogP contribution in [-0.2, 0) is 4.79 Å². The quantitative estimate of drug-likeness (QED) is 0.619. The zero-order valence-electron chi connectivity index (χ0n) is 12.3. The third-order valence-corrected chi connectivity index (χ3v) is 3.53. The van der Waals surface area contributed by atoms with Gasteiger partial charge in [-0.3, -0.25) is 14.4 Å². The van der Waals surface area contributed by atoms with Gasteiger partial charge in [0, 0.05) is 10.0 Å². The zero-order chi connectivity index (χ0) is 16.8. The number of amides is 1. The lowest BCUT2D eigenvalue weighted by atomic mass is 10.1. The van der Waals surface area contributed by atoms with Gasteiger partial charge in [-0.25, -0.2) is 0 Å². The monoisotopic (exact) mass is 375 g/mol. The van der Waals surface area contributed by atoms with E-state index in [1.165, 1.54) is 6.92 Å². The SMILES string of the molecule is CC(=O)c1ccccc1NC(=O)COc1ccc(Br)cc1C=O. The van der Waals surface area contributed by atoms with Gasteiger partial charge in [-0.1, -0.05) is 28.1 Å². The molecule has 2 aromatic carbocycles. The van der Waals surface area contributed by atoms with Crippen LogP contribution < -0.4 is 10.1 Å². The Labute approximate surface area is 141 Å². The second-order valence-electron chi connectivity index (χ2n) is 4.74. The van der Waals surface area contributed by atoms with E-state index in [-0.39, 0.29) is 12.4 Å². The van der Waals surface area contributed by atoms with E-state index in [1.54, 1.807) is 42.5 Å². The summed E-state index contributed by atoms with van der Waals surface area (Å²) >= 11 is 3.26. The summed E-state index contributed by atoms with van der Waals surface area (Å²) in [6, 6.07) is 11.6. The lowest BCUT2D eigenvalue weighted by Crippen LogP contribution is -2.21. The van der Waals surface area contributed by atoms with Crippen LogP contribution in [0.15, 0.2) is 46.9 Å². The average Bonchev–Trinajstić information content (AvgIpc) is 2.53. The number of benzene rings is 2. The maximum atomic E-state index is 12.0. The number of nitrogens with one attached hydrogen (secondary N) is 1. The largest absolute Gasteiger partial charge is 0.483 e. The predicted octanol–water partition coefficient (Wildman–Crippen LogP) is 3.48. The molecule has 1 N–H and O–H groups in total. The maximum Gasteiger partial charge on any atom is 0.262 e. The summed E-state index contributed by atoms with van der Waals surface area (Å²) in [5.41, 5.74) is 1.20. The van der Waals surface area contributed by atoms with Crippen molar-refractivity contribution >= 4 is 39.6 Å². The molecule has 0 unspecified atom stereocenters. The number of aldehydes is 1. The Hall–Kier alpha value is -2.47. The average molecular weight is 376 g/mol. The minimum Gasteiger partial charge on any atom is -0.483 e. The molecule has 0 spiro atoms. The molecule has 0 heterocycles. The van der Waals surface area contributed by atoms with Crippen LogP contribution in [0.2, 0.25) is 0 Å². The van der Waals surface area contributed by atoms with Crippen LogP contribution in [0.4, 0.5) is 5.69 Å². The Morgan fingerprint density at radius 1 is 1.22 bits per heavy atom. The van der Waals surface area contributed by atoms with Gasteiger partial charge in [-0.2, -0.15) is 0 Å². The standard InChI is InChI=1S/C17H14BrNO4/c1-11(21)14-4-2-3-5-15(14)19-17(22)10-23-16-7-6-13(18)8-12(16)9-20/h2-9H,10H2,1H3,(H,19,22). The minimum absolute atomic E-state index is 0.141. The molecule has 23 heavy (non-hydrogen) atoms. The third-order valence-electron chi connectivity index (χ3n) is 3.04. The van der Waals surface area contributed by atoms with Crippen LogP contribution in [0.25, 0.3) is 0 Å². The summed E-state index contributed by atoms with van der Waals surface area (Å²) in [5.74, 6) is -0.241. The molecule has 0 atom stereocenters. The summed E-state index contributed by atoms with van der Waals surface area (Å²) < 4.78 is 6.11. The van der Waals surface area contributed by atoms with E-state index in [2.05, 4.69) is 21.2 Å². The summed E-state index contributed by atoms with van der Waals surface area (Å²) in [7, 11) is 0. The first-order chi connectivity index (χ1) is 11.0. The fourth-order valence-electron chi connectivity index (χ4n) is 1.97. The summed E-state index contributed by atoms with van der Waals surface area (Å²) in [6.07, 6.45) is 0.656. The zero-order valence-corrected chi connectivity index (χ0v) is 13.9. The normalized spacial score (nSPS) is 10.0. The molecule has 0 aliphatic carbocycles. The predicted molar refractivity (Wildman–Crippen MR) is 90.1 cm³/mol. The lowest BCUT2D eigenvalue weighted by molar-refractivity contribution is -0.118. The molecule has 2 aromatic rings. The molecule has 0 saturated heterocycles. The molecule has 5 nitrogen and oxygen atoms in total. The van der Waals surface area contributed by atoms with E-state index >= 15 is 0 Å². The van der Waals surface area contributed by atoms with Crippen molar-refractivity contribution in [2.24, 2.45) is 0 Å². The first-order valence-corrected chi connectivity index (χ1v) is 7.58. The van der Waals surface area contributed by atoms with Crippen molar-refractivity contribution < 1.29 is 19.1 Å². The van der Waals surface area contributed by atoms with Gasteiger partial charge in [0.2, 0.25) is 0 Å². The number of rotatable bonds is 6. The van der Waals surface area contributed by atoms with Crippen LogP contribution >= 0.6 is 15.9 Å². The highest BCUT2D eigenvalue weighted by Gasteiger charge is 2.11. The molecule has 6 heteroatoms. The molecular formula is C17H14BrNO4. The molecule has 2 rings (SSSR count). The van der Waals surface area contributed by atoms with Gasteiger partial charge in [0.1, 0.15) is 5.75 Å². The number of Topliss-reactive ketones (excluding diaryl/α,β-unsaturated/α-hetero) is 1. The highest BCUT2D eigenvalue weighted by molar-refractivity contribution is 9.10. The van der Waals surface area contributed by atoms with Gasteiger partial charge in [0.15, 0.2) is 18.7 Å². The fourth-order valence-corrected chi connectivity index (χ4v) is 2.35. The number of ether oxygens (including phenoxy) is 1. The highest BCUT2D eigenvalue weighted by atomic mass is 79.9. The van der Waals surface area contributed by atoms with Crippen molar-refractivity contribution in [2.45, 2.75) is 6.92 Å². The summed E-state index contributed by atoms with van der Waals surface area (Å²) in [4.78, 5) is 34.5. The second kappa shape index (κ2) is 7.69. The van der Waals surface area contributed by atoms with Gasteiger partial charge in [0.25, 0.3) is 5.91 Å². The molecule has 0 bridgehead atoms. The van der Waals surface area contributed by atoms with Crippen LogP contribution in [0, 0.1) is 0 Å². The van der Waals surface area contributed by atoms with Gasteiger partial charge < -0.3 is 10.1 Å². The first-order valence-electron chi connectivity index (χ1n) is 6.78. The number of anilines is 1. The van der Waals surface area contributed by atoms with E-state index in [0.29, 0.717) is 28.8 Å². The van der Waals surface area contributed by atoms with Gasteiger partial charge in [-0.15, -0.1) is 0 Å². The molecule has 0 aliphatic heterocycles. The van der Waals surface area contributed by atoms with Crippen molar-refractivity contribution in [3.63, 3.8) is 0 Å². The second-order valence-corrected chi connectivity index (χ2v) is 5.65. The van der Waals surface area contributed by atoms with Crippen molar-refractivity contribution in [3.05, 3.63) is 58.1 Å². The smallest absolute Gasteiger partial charge is 0.262 e. The van der Waals surface area contributed by atoms with E-state index in [1.807, 2.05) is 0 Å². The molecule has 0 aliphatic rings. The molecule has 118 valence electrons. The maximum absolute atomic E-state index is 12.0. The molecule has 1 amide bonds. The van der Waals surface area contributed by atoms with E-state index in [0.717, 1.165) is 4.47 Å². The van der Waals surface area contributed by atoms with E-state index in [4.69, 9.17) is 4.74 Å². The number of carbonyl (C=O) groups is 3. The Bertz CT molecular complexity index is 758. The van der Waals surface area contributed by atoms with Crippen LogP contribution in [-0.4, -0.2) is 24.6 Å². The third kappa shape index (κ3) is 4.50. The Morgan fingerprint density at radius 2 is 1.96 bits per heavy atom. The first kappa shape index (κ1) is 16.9. The molecule has 0 aromatic heterocycles. The van der Waals surface area contributed by atoms with Gasteiger partial charge >= 0.3 is 0 Å². The van der Waals surface area contributed by atoms with E-state index in [9.17, 15) is 14.4 Å². The number of carbonyl (C=O) groups excluding carboxylic acids is 3. The Kier molecular flexibility index (Phi) is 5.65. The Morgan fingerprint density at radius 3 is 2.65 bits per heavy atom. The van der Waals surface area contributed by atoms with Gasteiger partial charge in [-0.05, 0) is 37.3 Å². The topological polar surface area (TPSA) is 72.5 Å². The van der Waals surface area contributed by atoms with Gasteiger partial charge in [0.05, 0.1) is 11.3 Å². The van der Waals surface area contributed by atoms with Crippen LogP contribution in [0.5, 0.6) is 5.75 Å². The number of halogens is 1. The highest BCUT2D eigenvalue weighted by Crippen LogP contribution is 2.22. The fraction of sp³-hybridized carbons (Fsp3) is 0.118. The molecule has 0 saturated carbocycles. The van der Waals surface area contributed by atoms with Crippen molar-refractivity contribution in [2.75, 3.05) is 11.9 Å². The molecule has 0 radical (unpaired) electrons. The van der Waals surface area contributed by atoms with Crippen LogP contribution in [0.1, 0.15) is 27.6 Å². The number of hydrogen-bond donors (Lipinski definition) is 1.